The number of nitrogens with one attached hydrogen (secondary N) is 1. The summed E-state index contributed by atoms with van der Waals surface area (Å²) in [4.78, 5) is 15.6. The molecule has 0 bridgehead atoms. The highest BCUT2D eigenvalue weighted by atomic mass is 32.2. The molecule has 0 aliphatic heterocycles. The molecule has 132 valence electrons. The van der Waals surface area contributed by atoms with Gasteiger partial charge in [0.1, 0.15) is 0 Å². The Hall–Kier alpha value is -2.42. The van der Waals surface area contributed by atoms with Gasteiger partial charge in [0.05, 0.1) is 5.56 Å². The van der Waals surface area contributed by atoms with E-state index in [1.165, 1.54) is 6.07 Å². The molecule has 1 heterocycles. The minimum absolute atomic E-state index is 0.0597. The molecule has 0 spiro atoms. The fraction of sp³-hybridized carbons (Fsp3) is 0.250. The van der Waals surface area contributed by atoms with Gasteiger partial charge < -0.3 is 5.32 Å². The molecule has 1 saturated carbocycles. The number of aromatic nitrogens is 1. The van der Waals surface area contributed by atoms with Crippen LogP contribution in [0.4, 0.5) is 13.2 Å². The lowest BCUT2D eigenvalue weighted by Gasteiger charge is -2.11. The molecule has 1 aliphatic rings. The van der Waals surface area contributed by atoms with Crippen molar-refractivity contribution in [1.82, 2.24) is 10.3 Å². The number of halogens is 3. The van der Waals surface area contributed by atoms with Crippen molar-refractivity contribution >= 4 is 15.7 Å². The summed E-state index contributed by atoms with van der Waals surface area (Å²) in [5, 5.41) is 1.29. The van der Waals surface area contributed by atoms with Crippen molar-refractivity contribution in [3.05, 3.63) is 59.8 Å². The molecule has 3 rings (SSSR count). The van der Waals surface area contributed by atoms with E-state index in [0.29, 0.717) is 6.42 Å². The van der Waals surface area contributed by atoms with E-state index in [9.17, 15) is 26.4 Å². The number of amides is 1. The van der Waals surface area contributed by atoms with Crippen LogP contribution in [0.25, 0.3) is 0 Å². The average Bonchev–Trinajstić information content (AvgIpc) is 3.33. The maximum atomic E-state index is 12.8. The van der Waals surface area contributed by atoms with Crippen LogP contribution in [0.1, 0.15) is 28.3 Å². The summed E-state index contributed by atoms with van der Waals surface area (Å²) in [5.41, 5.74) is -5.14. The normalized spacial score (nSPS) is 20.1. The van der Waals surface area contributed by atoms with Gasteiger partial charge in [-0.15, -0.1) is 0 Å². The Labute approximate surface area is 141 Å². The molecule has 2 atom stereocenters. The summed E-state index contributed by atoms with van der Waals surface area (Å²) < 4.78 is 61.5. The summed E-state index contributed by atoms with van der Waals surface area (Å²) in [6, 6.07) is 11.3. The first-order valence-corrected chi connectivity index (χ1v) is 8.82. The topological polar surface area (TPSA) is 76.1 Å². The second-order valence-electron chi connectivity index (χ2n) is 5.64. The van der Waals surface area contributed by atoms with Crippen LogP contribution in [-0.4, -0.2) is 30.9 Å². The van der Waals surface area contributed by atoms with Crippen molar-refractivity contribution in [3.63, 3.8) is 0 Å². The average molecular weight is 370 g/mol. The summed E-state index contributed by atoms with van der Waals surface area (Å²) >= 11 is 0. The first-order valence-electron chi connectivity index (χ1n) is 7.34. The third-order valence-corrected chi connectivity index (χ3v) is 5.35. The number of nitrogens with zero attached hydrogens (tertiary/aromatic N) is 1. The predicted octanol–water partition coefficient (Wildman–Crippen LogP) is 2.66. The van der Waals surface area contributed by atoms with Crippen LogP contribution in [0.15, 0.2) is 53.7 Å². The van der Waals surface area contributed by atoms with Crippen molar-refractivity contribution in [3.8, 4) is 0 Å². The van der Waals surface area contributed by atoms with Crippen molar-refractivity contribution in [1.29, 1.82) is 0 Å². The highest BCUT2D eigenvalue weighted by Crippen LogP contribution is 2.41. The maximum absolute atomic E-state index is 12.8. The van der Waals surface area contributed by atoms with Gasteiger partial charge in [-0.1, -0.05) is 30.3 Å². The second kappa shape index (κ2) is 6.14. The molecule has 1 fully saturated rings. The fourth-order valence-electron chi connectivity index (χ4n) is 2.56. The highest BCUT2D eigenvalue weighted by molar-refractivity contribution is 7.92. The Morgan fingerprint density at radius 3 is 2.44 bits per heavy atom. The van der Waals surface area contributed by atoms with Gasteiger partial charge in [-0.25, -0.2) is 13.4 Å². The number of carbonyl (C=O) groups is 1. The summed E-state index contributed by atoms with van der Waals surface area (Å²) in [5.74, 6) is -0.830. The predicted molar refractivity (Wildman–Crippen MR) is 82.5 cm³/mol. The number of pyridine rings is 1. The van der Waals surface area contributed by atoms with Gasteiger partial charge in [-0.05, 0) is 24.1 Å². The molecule has 1 aromatic carbocycles. The van der Waals surface area contributed by atoms with Crippen LogP contribution in [0.2, 0.25) is 0 Å². The highest BCUT2D eigenvalue weighted by Gasteiger charge is 2.50. The van der Waals surface area contributed by atoms with Gasteiger partial charge >= 0.3 is 5.51 Å². The van der Waals surface area contributed by atoms with Crippen LogP contribution >= 0.6 is 0 Å². The molecule has 5 nitrogen and oxygen atoms in total. The molecular formula is C16H13F3N2O3S. The molecule has 1 aliphatic carbocycles. The minimum atomic E-state index is -5.71. The van der Waals surface area contributed by atoms with Crippen LogP contribution in [0, 0.1) is 0 Å². The van der Waals surface area contributed by atoms with E-state index in [2.05, 4.69) is 10.3 Å². The third kappa shape index (κ3) is 3.37. The smallest absolute Gasteiger partial charge is 0.349 e. The largest absolute Gasteiger partial charge is 0.503 e. The number of sulfone groups is 1. The Bertz CT molecular complexity index is 898. The molecule has 0 saturated heterocycles. The van der Waals surface area contributed by atoms with Crippen molar-refractivity contribution in [2.75, 3.05) is 0 Å². The first-order chi connectivity index (χ1) is 11.7. The van der Waals surface area contributed by atoms with Gasteiger partial charge in [0, 0.05) is 18.2 Å². The maximum Gasteiger partial charge on any atom is 0.503 e. The van der Waals surface area contributed by atoms with Crippen molar-refractivity contribution in [2.45, 2.75) is 28.9 Å². The zero-order valence-electron chi connectivity index (χ0n) is 12.7. The lowest BCUT2D eigenvalue weighted by molar-refractivity contribution is -0.0438. The number of carbonyl (C=O) groups excluding carboxylic acids is 1. The van der Waals surface area contributed by atoms with Crippen LogP contribution in [-0.2, 0) is 9.84 Å². The molecule has 9 heteroatoms. The van der Waals surface area contributed by atoms with E-state index in [1.807, 2.05) is 30.3 Å². The summed E-state index contributed by atoms with van der Waals surface area (Å²) in [6.07, 6.45) is 1.54. The van der Waals surface area contributed by atoms with Crippen molar-refractivity contribution in [2.24, 2.45) is 0 Å². The van der Waals surface area contributed by atoms with E-state index >= 15 is 0 Å². The minimum Gasteiger partial charge on any atom is -0.349 e. The Morgan fingerprint density at radius 2 is 1.80 bits per heavy atom. The van der Waals surface area contributed by atoms with Gasteiger partial charge in [0.25, 0.3) is 15.7 Å². The molecule has 2 aromatic rings. The molecule has 1 amide bonds. The van der Waals surface area contributed by atoms with Crippen LogP contribution in [0.5, 0.6) is 0 Å². The molecule has 1 N–H and O–H groups in total. The number of hydrogen-bond donors (Lipinski definition) is 1. The zero-order valence-corrected chi connectivity index (χ0v) is 13.5. The van der Waals surface area contributed by atoms with Gasteiger partial charge in [-0.3, -0.25) is 4.79 Å². The molecular weight excluding hydrogens is 357 g/mol. The molecule has 0 unspecified atom stereocenters. The van der Waals surface area contributed by atoms with Crippen molar-refractivity contribution < 1.29 is 26.4 Å². The third-order valence-electron chi connectivity index (χ3n) is 3.91. The van der Waals surface area contributed by atoms with Crippen LogP contribution < -0.4 is 5.32 Å². The Morgan fingerprint density at radius 1 is 1.12 bits per heavy atom. The molecule has 25 heavy (non-hydrogen) atoms. The molecule has 0 radical (unpaired) electrons. The zero-order chi connectivity index (χ0) is 18.2. The quantitative estimate of drug-likeness (QED) is 0.898. The van der Waals surface area contributed by atoms with Gasteiger partial charge in [0.15, 0.2) is 5.03 Å². The van der Waals surface area contributed by atoms with E-state index < -0.39 is 31.8 Å². The van der Waals surface area contributed by atoms with Gasteiger partial charge in [0.2, 0.25) is 0 Å². The lowest BCUT2D eigenvalue weighted by Crippen LogP contribution is -2.31. The summed E-state index contributed by atoms with van der Waals surface area (Å²) in [6.45, 7) is 0. The van der Waals surface area contributed by atoms with E-state index in [-0.39, 0.29) is 12.0 Å². The number of rotatable bonds is 4. The number of alkyl halides is 3. The number of benzene rings is 1. The Balaban J connectivity index is 1.81. The molecule has 1 aromatic heterocycles. The fourth-order valence-corrected chi connectivity index (χ4v) is 3.43. The second-order valence-corrected chi connectivity index (χ2v) is 7.49. The van der Waals surface area contributed by atoms with E-state index in [0.717, 1.165) is 17.8 Å². The standard InChI is InChI=1S/C16H13F3N2O3S/c17-16(18,19)25(23,24)15-11(7-4-8-20-15)14(22)21-13-9-12(13)10-5-2-1-3-6-10/h1-8,12-13H,9H2,(H,21,22)/t12-,13+/m1/s1. The van der Waals surface area contributed by atoms with E-state index in [1.54, 1.807) is 0 Å². The Kier molecular flexibility index (Phi) is 4.28. The number of hydrogen-bond acceptors (Lipinski definition) is 4. The first kappa shape index (κ1) is 17.4. The van der Waals surface area contributed by atoms with Gasteiger partial charge in [-0.2, -0.15) is 13.2 Å². The lowest BCUT2D eigenvalue weighted by atomic mass is 10.1. The van der Waals surface area contributed by atoms with Crippen LogP contribution in [0.3, 0.4) is 0 Å². The summed E-state index contributed by atoms with van der Waals surface area (Å²) in [7, 11) is -5.71. The monoisotopic (exact) mass is 370 g/mol. The SMILES string of the molecule is O=C(N[C@H]1C[C@@H]1c1ccccc1)c1cccnc1S(=O)(=O)C(F)(F)F. The van der Waals surface area contributed by atoms with E-state index in [4.69, 9.17) is 0 Å².